The minimum atomic E-state index is -3.93. The number of rotatable bonds is 7. The molecule has 5 rings (SSSR count). The van der Waals surface area contributed by atoms with Gasteiger partial charge in [-0.25, -0.2) is 13.4 Å². The molecule has 0 fully saturated rings. The number of thiophene rings is 1. The molecule has 0 saturated heterocycles. The number of ether oxygens (including phenoxy) is 2. The summed E-state index contributed by atoms with van der Waals surface area (Å²) >= 11 is 1.52. The molecule has 0 radical (unpaired) electrons. The van der Waals surface area contributed by atoms with Gasteiger partial charge in [0.15, 0.2) is 21.3 Å². The molecular weight excluding hydrogens is 498 g/mol. The predicted molar refractivity (Wildman–Crippen MR) is 140 cm³/mol. The Balaban J connectivity index is 1.51. The molecule has 1 atom stereocenters. The lowest BCUT2D eigenvalue weighted by molar-refractivity contribution is -0.130. The number of amides is 1. The number of aryl methyl sites for hydroxylation is 1. The Hall–Kier alpha value is -3.63. The molecule has 3 heterocycles. The maximum Gasteiger partial charge on any atom is 0.258 e. The normalized spacial score (nSPS) is 15.8. The smallest absolute Gasteiger partial charge is 0.258 e. The molecule has 1 aliphatic rings. The van der Waals surface area contributed by atoms with Crippen molar-refractivity contribution in [3.05, 3.63) is 76.6 Å². The van der Waals surface area contributed by atoms with E-state index < -0.39 is 27.5 Å². The number of sulfone groups is 1. The zero-order valence-electron chi connectivity index (χ0n) is 20.0. The standard InChI is InChI=1S/C26H25N3O5S2/c1-28-15-25(18-7-4-5-8-20(18)28)36(31,32)16-26(30)29-21(14-19(27-29)24-9-6-12-35-24)17-10-11-22(33-2)23(13-17)34-3/h4-13,15,21H,14,16H2,1-3H3. The highest BCUT2D eigenvalue weighted by molar-refractivity contribution is 7.92. The van der Waals surface area contributed by atoms with Gasteiger partial charge in [-0.15, -0.1) is 11.3 Å². The van der Waals surface area contributed by atoms with Crippen molar-refractivity contribution in [1.82, 2.24) is 9.58 Å². The Morgan fingerprint density at radius 2 is 1.86 bits per heavy atom. The van der Waals surface area contributed by atoms with Gasteiger partial charge in [0.2, 0.25) is 0 Å². The van der Waals surface area contributed by atoms with Crippen LogP contribution < -0.4 is 9.47 Å². The van der Waals surface area contributed by atoms with Gasteiger partial charge < -0.3 is 14.0 Å². The lowest BCUT2D eigenvalue weighted by Gasteiger charge is -2.23. The molecule has 186 valence electrons. The van der Waals surface area contributed by atoms with Crippen LogP contribution in [0.2, 0.25) is 0 Å². The molecule has 0 saturated carbocycles. The van der Waals surface area contributed by atoms with Gasteiger partial charge in [-0.2, -0.15) is 5.10 Å². The van der Waals surface area contributed by atoms with Crippen molar-refractivity contribution < 1.29 is 22.7 Å². The Morgan fingerprint density at radius 3 is 2.58 bits per heavy atom. The summed E-state index contributed by atoms with van der Waals surface area (Å²) in [5.74, 6) is -0.189. The molecule has 8 nitrogen and oxygen atoms in total. The van der Waals surface area contributed by atoms with Crippen LogP contribution >= 0.6 is 11.3 Å². The number of hydrogen-bond acceptors (Lipinski definition) is 7. The molecule has 10 heteroatoms. The summed E-state index contributed by atoms with van der Waals surface area (Å²) in [7, 11) is 0.959. The SMILES string of the molecule is COc1ccc(C2CC(c3cccs3)=NN2C(=O)CS(=O)(=O)c2cn(C)c3ccccc23)cc1OC. The van der Waals surface area contributed by atoms with E-state index in [4.69, 9.17) is 9.47 Å². The first-order valence-corrected chi connectivity index (χ1v) is 13.8. The highest BCUT2D eigenvalue weighted by atomic mass is 32.2. The fourth-order valence-corrected chi connectivity index (χ4v) is 6.67. The van der Waals surface area contributed by atoms with Gasteiger partial charge in [0, 0.05) is 30.6 Å². The molecule has 0 N–H and O–H groups in total. The number of para-hydroxylation sites is 1. The van der Waals surface area contributed by atoms with Gasteiger partial charge in [0.05, 0.1) is 35.7 Å². The molecule has 36 heavy (non-hydrogen) atoms. The first-order valence-electron chi connectivity index (χ1n) is 11.2. The number of methoxy groups -OCH3 is 2. The van der Waals surface area contributed by atoms with Crippen LogP contribution in [-0.4, -0.2) is 49.6 Å². The number of hydrazone groups is 1. The Kier molecular flexibility index (Phi) is 6.31. The van der Waals surface area contributed by atoms with Gasteiger partial charge in [0.1, 0.15) is 5.75 Å². The van der Waals surface area contributed by atoms with E-state index in [0.717, 1.165) is 21.7 Å². The van der Waals surface area contributed by atoms with Crippen molar-refractivity contribution in [2.45, 2.75) is 17.4 Å². The third kappa shape index (κ3) is 4.27. The van der Waals surface area contributed by atoms with Crippen LogP contribution in [0.15, 0.2) is 76.2 Å². The number of carbonyl (C=O) groups is 1. The lowest BCUT2D eigenvalue weighted by atomic mass is 10.0. The van der Waals surface area contributed by atoms with Crippen molar-refractivity contribution in [1.29, 1.82) is 0 Å². The van der Waals surface area contributed by atoms with E-state index in [9.17, 15) is 13.2 Å². The summed E-state index contributed by atoms with van der Waals surface area (Å²) in [4.78, 5) is 14.6. The van der Waals surface area contributed by atoms with Crippen LogP contribution in [0.3, 0.4) is 0 Å². The summed E-state index contributed by atoms with van der Waals surface area (Å²) < 4.78 is 39.4. The van der Waals surface area contributed by atoms with Crippen molar-refractivity contribution in [3.63, 3.8) is 0 Å². The second-order valence-electron chi connectivity index (χ2n) is 8.48. The predicted octanol–water partition coefficient (Wildman–Crippen LogP) is 4.41. The minimum Gasteiger partial charge on any atom is -0.493 e. The van der Waals surface area contributed by atoms with E-state index in [1.807, 2.05) is 35.7 Å². The van der Waals surface area contributed by atoms with E-state index in [2.05, 4.69) is 5.10 Å². The van der Waals surface area contributed by atoms with E-state index >= 15 is 0 Å². The van der Waals surface area contributed by atoms with Crippen LogP contribution in [0.1, 0.15) is 22.9 Å². The van der Waals surface area contributed by atoms with Gasteiger partial charge in [-0.3, -0.25) is 4.79 Å². The highest BCUT2D eigenvalue weighted by Gasteiger charge is 2.36. The minimum absolute atomic E-state index is 0.137. The first-order chi connectivity index (χ1) is 17.3. The van der Waals surface area contributed by atoms with E-state index in [-0.39, 0.29) is 4.90 Å². The average Bonchev–Trinajstić information content (AvgIpc) is 3.62. The number of nitrogens with zero attached hydrogens (tertiary/aromatic N) is 3. The number of carbonyl (C=O) groups excluding carboxylic acids is 1. The van der Waals surface area contributed by atoms with Crippen LogP contribution in [-0.2, 0) is 21.7 Å². The van der Waals surface area contributed by atoms with E-state index in [1.165, 1.54) is 16.3 Å². The molecule has 2 aromatic heterocycles. The van der Waals surface area contributed by atoms with Crippen molar-refractivity contribution in [3.8, 4) is 11.5 Å². The van der Waals surface area contributed by atoms with Crippen molar-refractivity contribution in [2.24, 2.45) is 12.1 Å². The van der Waals surface area contributed by atoms with Gasteiger partial charge in [0.25, 0.3) is 5.91 Å². The van der Waals surface area contributed by atoms with Gasteiger partial charge in [-0.1, -0.05) is 30.3 Å². The summed E-state index contributed by atoms with van der Waals surface area (Å²) in [5.41, 5.74) is 2.30. The van der Waals surface area contributed by atoms with E-state index in [0.29, 0.717) is 23.3 Å². The fourth-order valence-electron chi connectivity index (χ4n) is 4.51. The molecule has 0 bridgehead atoms. The summed E-state index contributed by atoms with van der Waals surface area (Å²) in [6, 6.07) is 16.0. The van der Waals surface area contributed by atoms with Crippen LogP contribution in [0.25, 0.3) is 10.9 Å². The largest absolute Gasteiger partial charge is 0.493 e. The molecule has 2 aromatic carbocycles. The third-order valence-corrected chi connectivity index (χ3v) is 8.81. The number of hydrogen-bond donors (Lipinski definition) is 0. The molecule has 1 amide bonds. The molecular formula is C26H25N3O5S2. The number of aromatic nitrogens is 1. The highest BCUT2D eigenvalue weighted by Crippen LogP contribution is 2.38. The zero-order valence-corrected chi connectivity index (χ0v) is 21.7. The topological polar surface area (TPSA) is 90.2 Å². The van der Waals surface area contributed by atoms with Gasteiger partial charge >= 0.3 is 0 Å². The molecule has 0 aliphatic carbocycles. The maximum absolute atomic E-state index is 13.5. The van der Waals surface area contributed by atoms with Crippen molar-refractivity contribution >= 4 is 43.7 Å². The molecule has 0 spiro atoms. The van der Waals surface area contributed by atoms with Gasteiger partial charge in [-0.05, 0) is 35.2 Å². The Labute approximate surface area is 213 Å². The quantitative estimate of drug-likeness (QED) is 0.358. The second kappa shape index (κ2) is 9.44. The zero-order chi connectivity index (χ0) is 25.4. The Morgan fingerprint density at radius 1 is 1.08 bits per heavy atom. The molecule has 1 unspecified atom stereocenters. The maximum atomic E-state index is 13.5. The number of fused-ring (bicyclic) bond motifs is 1. The fraction of sp³-hybridized carbons (Fsp3) is 0.231. The summed E-state index contributed by atoms with van der Waals surface area (Å²) in [6.45, 7) is 0. The Bertz CT molecular complexity index is 1570. The average molecular weight is 524 g/mol. The lowest BCUT2D eigenvalue weighted by Crippen LogP contribution is -2.32. The monoisotopic (exact) mass is 523 g/mol. The van der Waals surface area contributed by atoms with Crippen molar-refractivity contribution in [2.75, 3.05) is 20.0 Å². The van der Waals surface area contributed by atoms with E-state index in [1.54, 1.807) is 56.3 Å². The number of benzene rings is 2. The van der Waals surface area contributed by atoms with Crippen LogP contribution in [0.5, 0.6) is 11.5 Å². The molecule has 4 aromatic rings. The summed E-state index contributed by atoms with van der Waals surface area (Å²) in [5, 5.41) is 8.44. The molecule has 1 aliphatic heterocycles. The van der Waals surface area contributed by atoms with Crippen LogP contribution in [0.4, 0.5) is 0 Å². The second-order valence-corrected chi connectivity index (χ2v) is 11.4. The third-order valence-electron chi connectivity index (χ3n) is 6.27. The first kappa shape index (κ1) is 24.1. The summed E-state index contributed by atoms with van der Waals surface area (Å²) in [6.07, 6.45) is 2.01. The van der Waals surface area contributed by atoms with Crippen LogP contribution in [0, 0.1) is 0 Å².